The number of nitrogens with zero attached hydrogens (tertiary/aromatic N) is 1. The molecule has 4 N–H and O–H groups in total. The molecule has 1 saturated heterocycles. The van der Waals surface area contributed by atoms with E-state index in [9.17, 15) is 19.5 Å². The van der Waals surface area contributed by atoms with Crippen molar-refractivity contribution in [1.29, 1.82) is 0 Å². The molecular weight excluding hydrogens is 274 g/mol. The van der Waals surface area contributed by atoms with E-state index in [4.69, 9.17) is 5.73 Å². The van der Waals surface area contributed by atoms with Crippen LogP contribution in [0.2, 0.25) is 0 Å². The molecule has 0 saturated carbocycles. The molecule has 1 aliphatic rings. The first-order valence-corrected chi connectivity index (χ1v) is 7.21. The van der Waals surface area contributed by atoms with Crippen LogP contribution in [-0.2, 0) is 9.59 Å². The third-order valence-electron chi connectivity index (χ3n) is 4.49. The number of aliphatic carboxylic acids is 1. The highest BCUT2D eigenvalue weighted by molar-refractivity contribution is 5.82. The molecule has 7 heteroatoms. The molecule has 0 aromatic carbocycles. The molecule has 120 valence electrons. The summed E-state index contributed by atoms with van der Waals surface area (Å²) in [6.07, 6.45) is 1.46. The van der Waals surface area contributed by atoms with Crippen molar-refractivity contribution in [2.75, 3.05) is 19.6 Å². The van der Waals surface area contributed by atoms with Gasteiger partial charge in [0.25, 0.3) is 0 Å². The largest absolute Gasteiger partial charge is 0.481 e. The van der Waals surface area contributed by atoms with Gasteiger partial charge in [0.1, 0.15) is 0 Å². The number of rotatable bonds is 5. The Hall–Kier alpha value is -1.79. The maximum absolute atomic E-state index is 12.1. The average Bonchev–Trinajstić information content (AvgIpc) is 2.44. The van der Waals surface area contributed by atoms with Crippen molar-refractivity contribution in [2.45, 2.75) is 40.0 Å². The van der Waals surface area contributed by atoms with Gasteiger partial charge in [0.15, 0.2) is 0 Å². The van der Waals surface area contributed by atoms with Crippen molar-refractivity contribution in [2.24, 2.45) is 16.6 Å². The maximum atomic E-state index is 12.1. The van der Waals surface area contributed by atoms with Crippen LogP contribution >= 0.6 is 0 Å². The molecule has 0 aromatic heterocycles. The summed E-state index contributed by atoms with van der Waals surface area (Å²) in [5.41, 5.74) is 3.73. The molecule has 0 radical (unpaired) electrons. The quantitative estimate of drug-likeness (QED) is 0.696. The molecule has 0 atom stereocenters. The molecule has 7 nitrogen and oxygen atoms in total. The second-order valence-electron chi connectivity index (χ2n) is 6.33. The lowest BCUT2D eigenvalue weighted by Gasteiger charge is -2.38. The first-order valence-electron chi connectivity index (χ1n) is 7.21. The van der Waals surface area contributed by atoms with E-state index in [1.165, 1.54) is 0 Å². The van der Waals surface area contributed by atoms with Gasteiger partial charge < -0.3 is 21.1 Å². The highest BCUT2D eigenvalue weighted by atomic mass is 16.4. The predicted octanol–water partition coefficient (Wildman–Crippen LogP) is 0.784. The summed E-state index contributed by atoms with van der Waals surface area (Å²) in [4.78, 5) is 36.2. The first-order chi connectivity index (χ1) is 9.64. The van der Waals surface area contributed by atoms with E-state index in [1.807, 2.05) is 6.92 Å². The highest BCUT2D eigenvalue weighted by Gasteiger charge is 2.41. The van der Waals surface area contributed by atoms with Crippen molar-refractivity contribution in [1.82, 2.24) is 10.2 Å². The number of carboxylic acids is 1. The van der Waals surface area contributed by atoms with Crippen molar-refractivity contribution in [3.8, 4) is 0 Å². The van der Waals surface area contributed by atoms with Crippen molar-refractivity contribution >= 4 is 17.9 Å². The fraction of sp³-hybridized carbons (Fsp3) is 0.786. The Kier molecular flexibility index (Phi) is 5.20. The minimum absolute atomic E-state index is 0.162. The zero-order valence-corrected chi connectivity index (χ0v) is 12.9. The van der Waals surface area contributed by atoms with Gasteiger partial charge in [-0.2, -0.15) is 0 Å². The third-order valence-corrected chi connectivity index (χ3v) is 4.49. The molecule has 3 amide bonds. The molecule has 1 aliphatic heterocycles. The van der Waals surface area contributed by atoms with Crippen LogP contribution in [0.1, 0.15) is 40.0 Å². The third kappa shape index (κ3) is 3.86. The number of likely N-dealkylation sites (tertiary alicyclic amines) is 1. The van der Waals surface area contributed by atoms with Crippen LogP contribution in [0.5, 0.6) is 0 Å². The highest BCUT2D eigenvalue weighted by Crippen LogP contribution is 2.35. The van der Waals surface area contributed by atoms with Gasteiger partial charge in [0.2, 0.25) is 5.91 Å². The van der Waals surface area contributed by atoms with Crippen molar-refractivity contribution in [3.05, 3.63) is 0 Å². The number of hydrogen-bond donors (Lipinski definition) is 3. The van der Waals surface area contributed by atoms with Gasteiger partial charge in [0.05, 0.1) is 10.8 Å². The summed E-state index contributed by atoms with van der Waals surface area (Å²) in [6, 6.07) is -0.278. The number of nitrogens with two attached hydrogens (primary N) is 1. The zero-order valence-electron chi connectivity index (χ0n) is 12.9. The molecule has 0 aliphatic carbocycles. The van der Waals surface area contributed by atoms with E-state index >= 15 is 0 Å². The van der Waals surface area contributed by atoms with Crippen LogP contribution in [0.3, 0.4) is 0 Å². The van der Waals surface area contributed by atoms with Crippen LogP contribution in [0, 0.1) is 10.8 Å². The Bertz CT molecular complexity index is 426. The second kappa shape index (κ2) is 6.32. The Morgan fingerprint density at radius 1 is 1.29 bits per heavy atom. The van der Waals surface area contributed by atoms with Crippen LogP contribution in [0.25, 0.3) is 0 Å². The Morgan fingerprint density at radius 3 is 2.19 bits per heavy atom. The molecule has 1 rings (SSSR count). The summed E-state index contributed by atoms with van der Waals surface area (Å²) in [6.45, 7) is 6.16. The smallest absolute Gasteiger partial charge is 0.317 e. The fourth-order valence-electron chi connectivity index (χ4n) is 2.35. The van der Waals surface area contributed by atoms with Gasteiger partial charge in [-0.15, -0.1) is 0 Å². The van der Waals surface area contributed by atoms with Gasteiger partial charge in [0, 0.05) is 19.6 Å². The number of urea groups is 1. The molecule has 21 heavy (non-hydrogen) atoms. The summed E-state index contributed by atoms with van der Waals surface area (Å²) in [7, 11) is 0. The lowest BCUT2D eigenvalue weighted by molar-refractivity contribution is -0.152. The lowest BCUT2D eigenvalue weighted by Crippen LogP contribution is -2.51. The zero-order chi connectivity index (χ0) is 16.3. The standard InChI is InChI=1S/C14H25N3O4/c1-4-14(11(19)20)5-7-17(8-6-14)12(21)16-9-13(2,3)10(15)18/h4-9H2,1-3H3,(H2,15,18)(H,16,21)(H,19,20). The Labute approximate surface area is 124 Å². The molecule has 1 fully saturated rings. The van der Waals surface area contributed by atoms with Crippen LogP contribution in [0.4, 0.5) is 4.79 Å². The minimum atomic E-state index is -0.806. The van der Waals surface area contributed by atoms with Crippen LogP contribution < -0.4 is 11.1 Å². The number of carboxylic acid groups (broad SMARTS) is 1. The fourth-order valence-corrected chi connectivity index (χ4v) is 2.35. The number of carbonyl (C=O) groups excluding carboxylic acids is 2. The van der Waals surface area contributed by atoms with Crippen LogP contribution in [0.15, 0.2) is 0 Å². The molecule has 0 unspecified atom stereocenters. The van der Waals surface area contributed by atoms with E-state index in [0.717, 1.165) is 0 Å². The lowest BCUT2D eigenvalue weighted by atomic mass is 9.76. The van der Waals surface area contributed by atoms with Gasteiger partial charge in [-0.3, -0.25) is 9.59 Å². The molecule has 1 heterocycles. The topological polar surface area (TPSA) is 113 Å². The molecule has 0 spiro atoms. The van der Waals surface area contributed by atoms with Crippen LogP contribution in [-0.4, -0.2) is 47.5 Å². The van der Waals surface area contributed by atoms with Gasteiger partial charge in [-0.1, -0.05) is 6.92 Å². The Balaban J connectivity index is 2.53. The van der Waals surface area contributed by atoms with E-state index in [0.29, 0.717) is 32.4 Å². The second-order valence-corrected chi connectivity index (χ2v) is 6.33. The van der Waals surface area contributed by atoms with Crippen molar-refractivity contribution < 1.29 is 19.5 Å². The number of amides is 3. The average molecular weight is 299 g/mol. The SMILES string of the molecule is CCC1(C(=O)O)CCN(C(=O)NCC(C)(C)C(N)=O)CC1. The summed E-state index contributed by atoms with van der Waals surface area (Å²) in [5, 5.41) is 12.0. The number of primary amides is 1. The predicted molar refractivity (Wildman–Crippen MR) is 77.5 cm³/mol. The normalized spacial score (nSPS) is 18.1. The maximum Gasteiger partial charge on any atom is 0.317 e. The van der Waals surface area contributed by atoms with Gasteiger partial charge in [-0.25, -0.2) is 4.79 Å². The van der Waals surface area contributed by atoms with E-state index < -0.39 is 22.7 Å². The Morgan fingerprint density at radius 2 is 1.81 bits per heavy atom. The van der Waals surface area contributed by atoms with E-state index in [1.54, 1.807) is 18.7 Å². The number of piperidine rings is 1. The summed E-state index contributed by atoms with van der Waals surface area (Å²) < 4.78 is 0. The number of hydrogen-bond acceptors (Lipinski definition) is 3. The van der Waals surface area contributed by atoms with Gasteiger partial charge >= 0.3 is 12.0 Å². The molecular formula is C14H25N3O4. The summed E-state index contributed by atoms with van der Waals surface area (Å²) >= 11 is 0. The molecule has 0 bridgehead atoms. The monoisotopic (exact) mass is 299 g/mol. The van der Waals surface area contributed by atoms with E-state index in [2.05, 4.69) is 5.32 Å². The van der Waals surface area contributed by atoms with E-state index in [-0.39, 0.29) is 12.6 Å². The first kappa shape index (κ1) is 17.3. The number of carbonyl (C=O) groups is 3. The number of nitrogens with one attached hydrogen (secondary N) is 1. The summed E-state index contributed by atoms with van der Waals surface area (Å²) in [5.74, 6) is -1.27. The van der Waals surface area contributed by atoms with Crippen molar-refractivity contribution in [3.63, 3.8) is 0 Å². The molecule has 0 aromatic rings. The van der Waals surface area contributed by atoms with Gasteiger partial charge in [-0.05, 0) is 33.1 Å². The minimum Gasteiger partial charge on any atom is -0.481 e.